The third kappa shape index (κ3) is 4.00. The summed E-state index contributed by atoms with van der Waals surface area (Å²) in [5, 5.41) is 9.60. The fourth-order valence-electron chi connectivity index (χ4n) is 3.93. The van der Waals surface area contributed by atoms with Crippen molar-refractivity contribution in [3.8, 4) is 0 Å². The number of halogens is 3. The van der Waals surface area contributed by atoms with Crippen LogP contribution < -0.4 is 0 Å². The Morgan fingerprint density at radius 3 is 2.56 bits per heavy atom. The standard InChI is InChI=1S/C21H22F3NO2/c1-13-8-9-17(14(2)11-13)19(25-10-4-7-18(25)20(26)27)15-5-3-6-16(12-15)21(22,23)24/h3,5-6,8-9,11-12,18-19H,4,7,10H2,1-2H3,(H,26,27). The average molecular weight is 377 g/mol. The zero-order valence-corrected chi connectivity index (χ0v) is 15.3. The Morgan fingerprint density at radius 2 is 1.93 bits per heavy atom. The highest BCUT2D eigenvalue weighted by molar-refractivity contribution is 5.74. The third-order valence-corrected chi connectivity index (χ3v) is 5.16. The Hall–Kier alpha value is -2.34. The van der Waals surface area contributed by atoms with Crippen molar-refractivity contribution in [3.05, 3.63) is 70.3 Å². The predicted octanol–water partition coefficient (Wildman–Crippen LogP) is 4.96. The summed E-state index contributed by atoms with van der Waals surface area (Å²) in [6, 6.07) is 9.77. The van der Waals surface area contributed by atoms with Crippen molar-refractivity contribution in [2.24, 2.45) is 0 Å². The summed E-state index contributed by atoms with van der Waals surface area (Å²) in [7, 11) is 0. The molecule has 2 unspecified atom stereocenters. The van der Waals surface area contributed by atoms with Crippen LogP contribution in [-0.2, 0) is 11.0 Å². The van der Waals surface area contributed by atoms with Crippen LogP contribution in [0.4, 0.5) is 13.2 Å². The first-order chi connectivity index (χ1) is 12.7. The molecule has 3 rings (SSSR count). The highest BCUT2D eigenvalue weighted by atomic mass is 19.4. The number of hydrogen-bond donors (Lipinski definition) is 1. The van der Waals surface area contributed by atoms with Gasteiger partial charge in [0.1, 0.15) is 6.04 Å². The maximum absolute atomic E-state index is 13.2. The van der Waals surface area contributed by atoms with E-state index in [1.165, 1.54) is 6.07 Å². The summed E-state index contributed by atoms with van der Waals surface area (Å²) >= 11 is 0. The van der Waals surface area contributed by atoms with Gasteiger partial charge in [0.25, 0.3) is 0 Å². The van der Waals surface area contributed by atoms with Crippen molar-refractivity contribution in [3.63, 3.8) is 0 Å². The van der Waals surface area contributed by atoms with Crippen LogP contribution in [0.25, 0.3) is 0 Å². The maximum Gasteiger partial charge on any atom is 0.416 e. The van der Waals surface area contributed by atoms with E-state index >= 15 is 0 Å². The number of carboxylic acids is 1. The molecule has 3 nitrogen and oxygen atoms in total. The topological polar surface area (TPSA) is 40.5 Å². The monoisotopic (exact) mass is 377 g/mol. The largest absolute Gasteiger partial charge is 0.480 e. The number of aliphatic carboxylic acids is 1. The van der Waals surface area contributed by atoms with Crippen molar-refractivity contribution in [2.45, 2.75) is 44.9 Å². The second-order valence-corrected chi connectivity index (χ2v) is 7.12. The van der Waals surface area contributed by atoms with Crippen LogP contribution in [0.1, 0.15) is 46.7 Å². The Kier molecular flexibility index (Phi) is 5.29. The van der Waals surface area contributed by atoms with Crippen molar-refractivity contribution in [1.29, 1.82) is 0 Å². The van der Waals surface area contributed by atoms with Gasteiger partial charge in [0.05, 0.1) is 11.6 Å². The number of rotatable bonds is 4. The van der Waals surface area contributed by atoms with E-state index in [1.54, 1.807) is 6.07 Å². The fraction of sp³-hybridized carbons (Fsp3) is 0.381. The van der Waals surface area contributed by atoms with Gasteiger partial charge in [0, 0.05) is 6.54 Å². The molecule has 0 spiro atoms. The average Bonchev–Trinajstić information content (AvgIpc) is 3.06. The number of likely N-dealkylation sites (tertiary alicyclic amines) is 1. The molecule has 1 aliphatic heterocycles. The number of nitrogens with zero attached hydrogens (tertiary/aromatic N) is 1. The molecule has 0 bridgehead atoms. The number of carboxylic acid groups (broad SMARTS) is 1. The molecule has 6 heteroatoms. The number of hydrogen-bond acceptors (Lipinski definition) is 2. The van der Waals surface area contributed by atoms with E-state index in [9.17, 15) is 23.1 Å². The lowest BCUT2D eigenvalue weighted by Crippen LogP contribution is -2.39. The van der Waals surface area contributed by atoms with E-state index in [0.29, 0.717) is 24.9 Å². The minimum absolute atomic E-state index is 0.463. The van der Waals surface area contributed by atoms with Gasteiger partial charge in [-0.3, -0.25) is 9.69 Å². The second-order valence-electron chi connectivity index (χ2n) is 7.12. The molecule has 0 amide bonds. The second kappa shape index (κ2) is 7.35. The molecule has 1 saturated heterocycles. The first kappa shape index (κ1) is 19.4. The lowest BCUT2D eigenvalue weighted by molar-refractivity contribution is -0.143. The van der Waals surface area contributed by atoms with E-state index in [2.05, 4.69) is 0 Å². The molecular formula is C21H22F3NO2. The van der Waals surface area contributed by atoms with Crippen LogP contribution >= 0.6 is 0 Å². The minimum atomic E-state index is -4.44. The van der Waals surface area contributed by atoms with Gasteiger partial charge in [-0.05, 0) is 55.5 Å². The molecule has 1 heterocycles. The predicted molar refractivity (Wildman–Crippen MR) is 96.6 cm³/mol. The van der Waals surface area contributed by atoms with Crippen molar-refractivity contribution >= 4 is 5.97 Å². The summed E-state index contributed by atoms with van der Waals surface area (Å²) in [4.78, 5) is 13.5. The number of aryl methyl sites for hydroxylation is 2. The molecule has 1 fully saturated rings. The summed E-state index contributed by atoms with van der Waals surface area (Å²) in [5.74, 6) is -0.936. The van der Waals surface area contributed by atoms with E-state index in [-0.39, 0.29) is 0 Å². The molecule has 2 aromatic carbocycles. The lowest BCUT2D eigenvalue weighted by Gasteiger charge is -2.33. The zero-order chi connectivity index (χ0) is 19.8. The van der Waals surface area contributed by atoms with Crippen LogP contribution in [0, 0.1) is 13.8 Å². The van der Waals surface area contributed by atoms with Crippen LogP contribution in [0.15, 0.2) is 42.5 Å². The van der Waals surface area contributed by atoms with Gasteiger partial charge in [-0.2, -0.15) is 13.2 Å². The van der Waals surface area contributed by atoms with Crippen LogP contribution in [0.5, 0.6) is 0 Å². The van der Waals surface area contributed by atoms with Gasteiger partial charge in [-0.25, -0.2) is 0 Å². The van der Waals surface area contributed by atoms with Gasteiger partial charge < -0.3 is 5.11 Å². The highest BCUT2D eigenvalue weighted by Crippen LogP contribution is 2.38. The third-order valence-electron chi connectivity index (χ3n) is 5.16. The van der Waals surface area contributed by atoms with E-state index < -0.39 is 29.8 Å². The summed E-state index contributed by atoms with van der Waals surface area (Å²) < 4.78 is 39.7. The first-order valence-electron chi connectivity index (χ1n) is 8.91. The summed E-state index contributed by atoms with van der Waals surface area (Å²) in [6.45, 7) is 4.39. The Balaban J connectivity index is 2.15. The smallest absolute Gasteiger partial charge is 0.416 e. The molecule has 0 aromatic heterocycles. The van der Waals surface area contributed by atoms with Crippen LogP contribution in [0.2, 0.25) is 0 Å². The van der Waals surface area contributed by atoms with Gasteiger partial charge in [0.2, 0.25) is 0 Å². The van der Waals surface area contributed by atoms with E-state index in [0.717, 1.165) is 28.8 Å². The maximum atomic E-state index is 13.2. The summed E-state index contributed by atoms with van der Waals surface area (Å²) in [5.41, 5.74) is 2.57. The molecule has 0 radical (unpaired) electrons. The number of alkyl halides is 3. The molecule has 144 valence electrons. The fourth-order valence-corrected chi connectivity index (χ4v) is 3.93. The van der Waals surface area contributed by atoms with Gasteiger partial charge in [0.15, 0.2) is 0 Å². The molecule has 27 heavy (non-hydrogen) atoms. The Bertz CT molecular complexity index is 848. The minimum Gasteiger partial charge on any atom is -0.480 e. The molecular weight excluding hydrogens is 355 g/mol. The number of benzene rings is 2. The lowest BCUT2D eigenvalue weighted by atomic mass is 9.91. The van der Waals surface area contributed by atoms with E-state index in [1.807, 2.05) is 36.9 Å². The van der Waals surface area contributed by atoms with Crippen molar-refractivity contribution < 1.29 is 23.1 Å². The SMILES string of the molecule is Cc1ccc(C(c2cccc(C(F)(F)F)c2)N2CCCC2C(=O)O)c(C)c1. The number of carbonyl (C=O) groups is 1. The highest BCUT2D eigenvalue weighted by Gasteiger charge is 2.38. The van der Waals surface area contributed by atoms with Crippen molar-refractivity contribution in [2.75, 3.05) is 6.54 Å². The van der Waals surface area contributed by atoms with Crippen LogP contribution in [0.3, 0.4) is 0 Å². The van der Waals surface area contributed by atoms with Crippen molar-refractivity contribution in [1.82, 2.24) is 4.90 Å². The molecule has 2 atom stereocenters. The Labute approximate surface area is 156 Å². The molecule has 0 aliphatic carbocycles. The zero-order valence-electron chi connectivity index (χ0n) is 15.3. The molecule has 0 saturated carbocycles. The molecule has 2 aromatic rings. The molecule has 1 N–H and O–H groups in total. The Morgan fingerprint density at radius 1 is 1.19 bits per heavy atom. The van der Waals surface area contributed by atoms with Gasteiger partial charge in [-0.1, -0.05) is 35.9 Å². The quantitative estimate of drug-likeness (QED) is 0.819. The first-order valence-corrected chi connectivity index (χ1v) is 8.91. The van der Waals surface area contributed by atoms with E-state index in [4.69, 9.17) is 0 Å². The van der Waals surface area contributed by atoms with Gasteiger partial charge >= 0.3 is 12.1 Å². The normalized spacial score (nSPS) is 19.2. The summed E-state index contributed by atoms with van der Waals surface area (Å²) in [6.07, 6.45) is -3.24. The van der Waals surface area contributed by atoms with Crippen LogP contribution in [-0.4, -0.2) is 28.6 Å². The molecule has 1 aliphatic rings. The van der Waals surface area contributed by atoms with Gasteiger partial charge in [-0.15, -0.1) is 0 Å².